The number of hydrogen-bond acceptors (Lipinski definition) is 7. The molecule has 210 valence electrons. The number of rotatable bonds is 14. The first-order valence-corrected chi connectivity index (χ1v) is 15.2. The Labute approximate surface area is 259 Å². The molecule has 1 aromatic carbocycles. The van der Waals surface area contributed by atoms with Crippen molar-refractivity contribution in [1.82, 2.24) is 5.32 Å². The second-order valence-electron chi connectivity index (χ2n) is 8.94. The molecular formula is C24H36I3N3O7. The molecule has 1 rings (SSSR count). The van der Waals surface area contributed by atoms with Crippen LogP contribution in [-0.4, -0.2) is 82.7 Å². The van der Waals surface area contributed by atoms with E-state index in [4.69, 9.17) is 10.2 Å². The van der Waals surface area contributed by atoms with Gasteiger partial charge < -0.3 is 35.5 Å². The van der Waals surface area contributed by atoms with E-state index >= 15 is 0 Å². The molecule has 0 aliphatic carbocycles. The Balaban J connectivity index is 3.76. The topological polar surface area (TPSA) is 151 Å². The lowest BCUT2D eigenvalue weighted by Crippen LogP contribution is -2.37. The van der Waals surface area contributed by atoms with Gasteiger partial charge in [0.1, 0.15) is 0 Å². The van der Waals surface area contributed by atoms with Gasteiger partial charge in [0.25, 0.3) is 5.91 Å². The highest BCUT2D eigenvalue weighted by molar-refractivity contribution is 14.1. The summed E-state index contributed by atoms with van der Waals surface area (Å²) in [4.78, 5) is 42.0. The lowest BCUT2D eigenvalue weighted by Gasteiger charge is -2.31. The lowest BCUT2D eigenvalue weighted by atomic mass is 10.1. The maximum absolute atomic E-state index is 13.3. The van der Waals surface area contributed by atoms with Gasteiger partial charge in [0, 0.05) is 33.0 Å². The summed E-state index contributed by atoms with van der Waals surface area (Å²) in [6.45, 7) is 6.25. The van der Waals surface area contributed by atoms with Gasteiger partial charge >= 0.3 is 0 Å². The van der Waals surface area contributed by atoms with E-state index in [0.29, 0.717) is 40.5 Å². The molecule has 0 radical (unpaired) electrons. The normalized spacial score (nSPS) is 12.9. The number of nitrogens with zero attached hydrogens (tertiary/aromatic N) is 2. The standard InChI is InChI=1S/C24H36I3N3O7/c1-13(2)28-24(37)18-19(25)22(29(14(3)33)9-5-7-16(35)11-31)21(27)23(20(18)26)30(15(4)34)10-6-8-17(36)12-32/h13,16-17,31-32,35-36H,5-12H2,1-4H3,(H,28,37). The largest absolute Gasteiger partial charge is 0.394 e. The Morgan fingerprint density at radius 1 is 0.784 bits per heavy atom. The maximum Gasteiger partial charge on any atom is 0.253 e. The van der Waals surface area contributed by atoms with Crippen LogP contribution in [0.25, 0.3) is 0 Å². The van der Waals surface area contributed by atoms with Gasteiger partial charge in [-0.2, -0.15) is 0 Å². The van der Waals surface area contributed by atoms with Gasteiger partial charge in [-0.1, -0.05) is 0 Å². The Kier molecular flexibility index (Phi) is 15.6. The minimum Gasteiger partial charge on any atom is -0.394 e. The minimum absolute atomic E-state index is 0.141. The molecule has 0 heterocycles. The van der Waals surface area contributed by atoms with Gasteiger partial charge in [0.05, 0.1) is 53.1 Å². The van der Waals surface area contributed by atoms with E-state index in [-0.39, 0.29) is 62.9 Å². The van der Waals surface area contributed by atoms with Crippen molar-refractivity contribution in [3.05, 3.63) is 16.3 Å². The Morgan fingerprint density at radius 3 is 1.46 bits per heavy atom. The number of anilines is 2. The Bertz CT molecular complexity index is 901. The zero-order chi connectivity index (χ0) is 28.4. The summed E-state index contributed by atoms with van der Waals surface area (Å²) in [5.41, 5.74) is 1.35. The second-order valence-corrected chi connectivity index (χ2v) is 12.2. The molecule has 10 nitrogen and oxygen atoms in total. The molecule has 2 atom stereocenters. The molecule has 0 fully saturated rings. The third kappa shape index (κ3) is 9.97. The van der Waals surface area contributed by atoms with Gasteiger partial charge in [-0.3, -0.25) is 14.4 Å². The first kappa shape index (κ1) is 34.7. The molecule has 13 heteroatoms. The van der Waals surface area contributed by atoms with Crippen LogP contribution in [0.1, 0.15) is 63.7 Å². The second kappa shape index (κ2) is 16.7. The fraction of sp³-hybridized carbons (Fsp3) is 0.625. The number of nitrogens with one attached hydrogen (secondary N) is 1. The van der Waals surface area contributed by atoms with Crippen LogP contribution >= 0.6 is 67.8 Å². The molecule has 0 saturated carbocycles. The maximum atomic E-state index is 13.3. The number of halogens is 3. The number of amides is 3. The van der Waals surface area contributed by atoms with Crippen LogP contribution in [0.5, 0.6) is 0 Å². The van der Waals surface area contributed by atoms with Crippen molar-refractivity contribution in [2.45, 2.75) is 71.6 Å². The molecule has 0 bridgehead atoms. The van der Waals surface area contributed by atoms with Crippen LogP contribution in [0.2, 0.25) is 0 Å². The van der Waals surface area contributed by atoms with Gasteiger partial charge in [-0.25, -0.2) is 0 Å². The molecule has 3 amide bonds. The van der Waals surface area contributed by atoms with Crippen LogP contribution < -0.4 is 15.1 Å². The molecule has 0 aliphatic rings. The van der Waals surface area contributed by atoms with Crippen LogP contribution in [0.15, 0.2) is 0 Å². The summed E-state index contributed by atoms with van der Waals surface area (Å²) in [5.74, 6) is -0.865. The average molecular weight is 859 g/mol. The predicted octanol–water partition coefficient (Wildman–Crippen LogP) is 2.61. The van der Waals surface area contributed by atoms with Crippen molar-refractivity contribution < 1.29 is 34.8 Å². The lowest BCUT2D eigenvalue weighted by molar-refractivity contribution is -0.117. The van der Waals surface area contributed by atoms with E-state index in [2.05, 4.69) is 73.1 Å². The van der Waals surface area contributed by atoms with E-state index < -0.39 is 12.2 Å². The van der Waals surface area contributed by atoms with Gasteiger partial charge in [0.2, 0.25) is 11.8 Å². The predicted molar refractivity (Wildman–Crippen MR) is 168 cm³/mol. The monoisotopic (exact) mass is 859 g/mol. The summed E-state index contributed by atoms with van der Waals surface area (Å²) >= 11 is 6.21. The van der Waals surface area contributed by atoms with Gasteiger partial charge in [-0.05, 0) is 107 Å². The van der Waals surface area contributed by atoms with Crippen molar-refractivity contribution in [3.63, 3.8) is 0 Å². The number of benzene rings is 1. The highest BCUT2D eigenvalue weighted by Crippen LogP contribution is 2.43. The number of aliphatic hydroxyl groups is 4. The Morgan fingerprint density at radius 2 is 1.16 bits per heavy atom. The van der Waals surface area contributed by atoms with E-state index in [9.17, 15) is 24.6 Å². The van der Waals surface area contributed by atoms with Gasteiger partial charge in [-0.15, -0.1) is 0 Å². The summed E-state index contributed by atoms with van der Waals surface area (Å²) in [6, 6.07) is -0.141. The first-order chi connectivity index (χ1) is 17.3. The fourth-order valence-electron chi connectivity index (χ4n) is 3.65. The van der Waals surface area contributed by atoms with Crippen LogP contribution in [-0.2, 0) is 9.59 Å². The van der Waals surface area contributed by atoms with Crippen LogP contribution in [0.3, 0.4) is 0 Å². The molecule has 0 spiro atoms. The van der Waals surface area contributed by atoms with E-state index in [1.807, 2.05) is 13.8 Å². The fourth-order valence-corrected chi connectivity index (χ4v) is 8.47. The molecule has 0 aromatic heterocycles. The molecular weight excluding hydrogens is 823 g/mol. The highest BCUT2D eigenvalue weighted by atomic mass is 127. The average Bonchev–Trinajstić information content (AvgIpc) is 2.80. The van der Waals surface area contributed by atoms with Crippen molar-refractivity contribution in [3.8, 4) is 0 Å². The quantitative estimate of drug-likeness (QED) is 0.181. The zero-order valence-corrected chi connectivity index (χ0v) is 27.9. The number of carbonyl (C=O) groups is 3. The number of hydrogen-bond donors (Lipinski definition) is 5. The Hall–Kier alpha value is -0.340. The highest BCUT2D eigenvalue weighted by Gasteiger charge is 2.32. The molecule has 5 N–H and O–H groups in total. The summed E-state index contributed by atoms with van der Waals surface area (Å²) in [7, 11) is 0. The van der Waals surface area contributed by atoms with E-state index in [0.717, 1.165) is 0 Å². The SMILES string of the molecule is CC(=O)N(CCCC(O)CO)c1c(I)c(C(=O)NC(C)C)c(I)c(N(CCCC(O)CO)C(C)=O)c1I. The van der Waals surface area contributed by atoms with E-state index in [1.165, 1.54) is 23.6 Å². The van der Waals surface area contributed by atoms with Crippen LogP contribution in [0, 0.1) is 10.7 Å². The number of aliphatic hydroxyl groups excluding tert-OH is 4. The van der Waals surface area contributed by atoms with Crippen molar-refractivity contribution in [2.24, 2.45) is 0 Å². The van der Waals surface area contributed by atoms with Gasteiger partial charge in [0.15, 0.2) is 0 Å². The van der Waals surface area contributed by atoms with Crippen molar-refractivity contribution >= 4 is 96.9 Å². The molecule has 2 unspecified atom stereocenters. The summed E-state index contributed by atoms with van der Waals surface area (Å²) < 4.78 is 1.74. The molecule has 0 aliphatic heterocycles. The van der Waals surface area contributed by atoms with E-state index in [1.54, 1.807) is 0 Å². The molecule has 0 saturated heterocycles. The third-order valence-electron chi connectivity index (χ3n) is 5.48. The first-order valence-electron chi connectivity index (χ1n) is 11.9. The molecule has 37 heavy (non-hydrogen) atoms. The summed E-state index contributed by atoms with van der Waals surface area (Å²) in [5, 5.41) is 40.7. The zero-order valence-electron chi connectivity index (χ0n) is 21.4. The summed E-state index contributed by atoms with van der Waals surface area (Å²) in [6.07, 6.45) is -0.380. The third-order valence-corrected chi connectivity index (χ3v) is 8.60. The smallest absolute Gasteiger partial charge is 0.253 e. The van der Waals surface area contributed by atoms with Crippen molar-refractivity contribution in [1.29, 1.82) is 0 Å². The number of carbonyl (C=O) groups excluding carboxylic acids is 3. The molecule has 1 aromatic rings. The minimum atomic E-state index is -0.894. The van der Waals surface area contributed by atoms with Crippen LogP contribution in [0.4, 0.5) is 11.4 Å². The van der Waals surface area contributed by atoms with Crippen molar-refractivity contribution in [2.75, 3.05) is 36.1 Å².